The van der Waals surface area contributed by atoms with Gasteiger partial charge in [0.05, 0.1) is 25.3 Å². The van der Waals surface area contributed by atoms with Gasteiger partial charge >= 0.3 is 11.9 Å². The number of hydrogen-bond acceptors (Lipinski definition) is 6. The summed E-state index contributed by atoms with van der Waals surface area (Å²) in [5.74, 6) is -0.684. The normalized spacial score (nSPS) is 10.0. The average Bonchev–Trinajstić information content (AvgIpc) is 2.53. The molecule has 0 unspecified atom stereocenters. The van der Waals surface area contributed by atoms with Gasteiger partial charge in [-0.05, 0) is 18.2 Å². The Morgan fingerprint density at radius 2 is 1.52 bits per heavy atom. The molecule has 0 aromatic heterocycles. The monoisotopic (exact) mass is 317 g/mol. The van der Waals surface area contributed by atoms with E-state index in [0.717, 1.165) is 0 Å². The molecule has 0 aliphatic rings. The number of benzene rings is 2. The smallest absolute Gasteiger partial charge is 0.343 e. The summed E-state index contributed by atoms with van der Waals surface area (Å²) in [5.41, 5.74) is 5.65. The number of anilines is 1. The maximum absolute atomic E-state index is 12.1. The molecule has 2 aromatic carbocycles. The molecule has 0 saturated carbocycles. The molecule has 3 N–H and O–H groups in total. The van der Waals surface area contributed by atoms with E-state index in [4.69, 9.17) is 25.1 Å². The van der Waals surface area contributed by atoms with Crippen molar-refractivity contribution in [1.29, 1.82) is 0 Å². The zero-order valence-electron chi connectivity index (χ0n) is 12.5. The van der Waals surface area contributed by atoms with Gasteiger partial charge in [0.15, 0.2) is 0 Å². The molecule has 0 atom stereocenters. The van der Waals surface area contributed by atoms with Crippen LogP contribution in [0.25, 0.3) is 0 Å². The van der Waals surface area contributed by atoms with Crippen molar-refractivity contribution in [2.24, 2.45) is 0 Å². The van der Waals surface area contributed by atoms with Gasteiger partial charge in [-0.15, -0.1) is 0 Å². The van der Waals surface area contributed by atoms with E-state index in [9.17, 15) is 9.59 Å². The molecule has 0 aliphatic heterocycles. The van der Waals surface area contributed by atoms with Gasteiger partial charge in [-0.2, -0.15) is 0 Å². The van der Waals surface area contributed by atoms with Crippen molar-refractivity contribution in [1.82, 2.24) is 0 Å². The predicted octanol–water partition coefficient (Wildman–Crippen LogP) is 2.20. The number of carbonyl (C=O) groups is 2. The van der Waals surface area contributed by atoms with Crippen molar-refractivity contribution in [2.75, 3.05) is 20.0 Å². The number of aromatic carboxylic acids is 1. The number of ether oxygens (including phenoxy) is 3. The molecule has 7 heteroatoms. The average molecular weight is 317 g/mol. The van der Waals surface area contributed by atoms with Crippen LogP contribution in [0, 0.1) is 0 Å². The van der Waals surface area contributed by atoms with Crippen molar-refractivity contribution < 1.29 is 28.9 Å². The lowest BCUT2D eigenvalue weighted by Crippen LogP contribution is -2.11. The highest BCUT2D eigenvalue weighted by Crippen LogP contribution is 2.28. The molecular weight excluding hydrogens is 302 g/mol. The topological polar surface area (TPSA) is 108 Å². The van der Waals surface area contributed by atoms with Crippen molar-refractivity contribution in [3.63, 3.8) is 0 Å². The van der Waals surface area contributed by atoms with E-state index in [-0.39, 0.29) is 22.6 Å². The zero-order chi connectivity index (χ0) is 17.0. The fourth-order valence-electron chi connectivity index (χ4n) is 1.89. The Hall–Kier alpha value is -3.22. The second kappa shape index (κ2) is 6.69. The summed E-state index contributed by atoms with van der Waals surface area (Å²) < 4.78 is 15.4. The fourth-order valence-corrected chi connectivity index (χ4v) is 1.89. The van der Waals surface area contributed by atoms with Gasteiger partial charge in [0, 0.05) is 23.9 Å². The fraction of sp³-hybridized carbons (Fsp3) is 0.125. The lowest BCUT2D eigenvalue weighted by atomic mass is 10.1. The van der Waals surface area contributed by atoms with Gasteiger partial charge in [0.25, 0.3) is 0 Å². The third-order valence-electron chi connectivity index (χ3n) is 3.05. The van der Waals surface area contributed by atoms with E-state index in [2.05, 4.69) is 0 Å². The molecule has 2 aromatic rings. The second-order valence-corrected chi connectivity index (χ2v) is 4.55. The number of carbonyl (C=O) groups excluding carboxylic acids is 1. The summed E-state index contributed by atoms with van der Waals surface area (Å²) in [6.07, 6.45) is 0. The van der Waals surface area contributed by atoms with Crippen LogP contribution in [0.2, 0.25) is 0 Å². The minimum Gasteiger partial charge on any atom is -0.496 e. The lowest BCUT2D eigenvalue weighted by Gasteiger charge is -2.09. The van der Waals surface area contributed by atoms with Crippen LogP contribution >= 0.6 is 0 Å². The molecule has 0 radical (unpaired) electrons. The first-order chi connectivity index (χ1) is 10.9. The van der Waals surface area contributed by atoms with Gasteiger partial charge in [-0.1, -0.05) is 0 Å². The molecule has 23 heavy (non-hydrogen) atoms. The SMILES string of the molecule is COc1cc(OC)cc(OC(=O)c2ccc(C(=O)O)c(N)c2)c1. The molecule has 120 valence electrons. The summed E-state index contributed by atoms with van der Waals surface area (Å²) in [6.45, 7) is 0. The highest BCUT2D eigenvalue weighted by atomic mass is 16.5. The molecule has 0 amide bonds. The van der Waals surface area contributed by atoms with Crippen LogP contribution in [0.3, 0.4) is 0 Å². The quantitative estimate of drug-likeness (QED) is 0.494. The number of methoxy groups -OCH3 is 2. The zero-order valence-corrected chi connectivity index (χ0v) is 12.5. The summed E-state index contributed by atoms with van der Waals surface area (Å²) >= 11 is 0. The Balaban J connectivity index is 2.25. The minimum absolute atomic E-state index is 0.0184. The third kappa shape index (κ3) is 3.70. The van der Waals surface area contributed by atoms with Gasteiger partial charge in [0.1, 0.15) is 17.2 Å². The highest BCUT2D eigenvalue weighted by Gasteiger charge is 2.14. The van der Waals surface area contributed by atoms with E-state index in [1.807, 2.05) is 0 Å². The van der Waals surface area contributed by atoms with E-state index >= 15 is 0 Å². The number of nitrogen functional groups attached to an aromatic ring is 1. The van der Waals surface area contributed by atoms with Gasteiger partial charge in [0.2, 0.25) is 0 Å². The standard InChI is InChI=1S/C16H15NO6/c1-21-10-6-11(22-2)8-12(7-10)23-16(20)9-3-4-13(15(18)19)14(17)5-9/h3-8H,17H2,1-2H3,(H,18,19). The van der Waals surface area contributed by atoms with Gasteiger partial charge in [-0.3, -0.25) is 0 Å². The molecule has 0 fully saturated rings. The number of rotatable bonds is 5. The summed E-state index contributed by atoms with van der Waals surface area (Å²) in [4.78, 5) is 23.1. The first-order valence-corrected chi connectivity index (χ1v) is 6.52. The Kier molecular flexibility index (Phi) is 4.70. The summed E-state index contributed by atoms with van der Waals surface area (Å²) in [7, 11) is 2.96. The largest absolute Gasteiger partial charge is 0.496 e. The maximum Gasteiger partial charge on any atom is 0.343 e. The Bertz CT molecular complexity index is 734. The molecule has 2 rings (SSSR count). The molecule has 0 bridgehead atoms. The summed E-state index contributed by atoms with van der Waals surface area (Å²) in [6, 6.07) is 8.52. The van der Waals surface area contributed by atoms with E-state index in [1.54, 1.807) is 6.07 Å². The van der Waals surface area contributed by atoms with Crippen molar-refractivity contribution in [3.8, 4) is 17.2 Å². The molecule has 7 nitrogen and oxygen atoms in total. The van der Waals surface area contributed by atoms with E-state index < -0.39 is 11.9 Å². The van der Waals surface area contributed by atoms with E-state index in [0.29, 0.717) is 11.5 Å². The van der Waals surface area contributed by atoms with Gasteiger partial charge in [-0.25, -0.2) is 9.59 Å². The van der Waals surface area contributed by atoms with Crippen molar-refractivity contribution >= 4 is 17.6 Å². The number of carboxylic acid groups (broad SMARTS) is 1. The Labute approximate surface area is 132 Å². The maximum atomic E-state index is 12.1. The van der Waals surface area contributed by atoms with Gasteiger partial charge < -0.3 is 25.1 Å². The highest BCUT2D eigenvalue weighted by molar-refractivity contribution is 5.98. The van der Waals surface area contributed by atoms with Crippen LogP contribution in [-0.4, -0.2) is 31.3 Å². The predicted molar refractivity (Wildman–Crippen MR) is 82.3 cm³/mol. The minimum atomic E-state index is -1.17. The number of carboxylic acids is 1. The lowest BCUT2D eigenvalue weighted by molar-refractivity contribution is 0.0692. The molecule has 0 spiro atoms. The number of hydrogen-bond donors (Lipinski definition) is 2. The van der Waals surface area contributed by atoms with Crippen LogP contribution in [-0.2, 0) is 0 Å². The first-order valence-electron chi connectivity index (χ1n) is 6.52. The van der Waals surface area contributed by atoms with Crippen LogP contribution in [0.5, 0.6) is 17.2 Å². The Morgan fingerprint density at radius 1 is 0.957 bits per heavy atom. The van der Waals surface area contributed by atoms with Crippen LogP contribution < -0.4 is 19.9 Å². The number of nitrogens with two attached hydrogens (primary N) is 1. The van der Waals surface area contributed by atoms with Crippen molar-refractivity contribution in [3.05, 3.63) is 47.5 Å². The molecule has 0 aliphatic carbocycles. The van der Waals surface area contributed by atoms with Crippen molar-refractivity contribution in [2.45, 2.75) is 0 Å². The second-order valence-electron chi connectivity index (χ2n) is 4.55. The van der Waals surface area contributed by atoms with Crippen LogP contribution in [0.1, 0.15) is 20.7 Å². The molecule has 0 heterocycles. The summed E-state index contributed by atoms with van der Waals surface area (Å²) in [5, 5.41) is 8.92. The molecule has 0 saturated heterocycles. The number of esters is 1. The first kappa shape index (κ1) is 16.2. The Morgan fingerprint density at radius 3 is 2.00 bits per heavy atom. The molecular formula is C16H15NO6. The van der Waals surface area contributed by atoms with E-state index in [1.165, 1.54) is 44.6 Å². The van der Waals surface area contributed by atoms with Crippen LogP contribution in [0.15, 0.2) is 36.4 Å². The van der Waals surface area contributed by atoms with Crippen LogP contribution in [0.4, 0.5) is 5.69 Å². The third-order valence-corrected chi connectivity index (χ3v) is 3.05.